The normalized spacial score (nSPS) is 11.8. The summed E-state index contributed by atoms with van der Waals surface area (Å²) >= 11 is 0. The summed E-state index contributed by atoms with van der Waals surface area (Å²) in [6.07, 6.45) is 5.13. The molecule has 0 saturated carbocycles. The van der Waals surface area contributed by atoms with Gasteiger partial charge in [0.15, 0.2) is 0 Å². The van der Waals surface area contributed by atoms with Crippen molar-refractivity contribution in [3.8, 4) is 39.5 Å². The van der Waals surface area contributed by atoms with Crippen molar-refractivity contribution in [2.24, 2.45) is 5.92 Å². The Kier molecular flexibility index (Phi) is 13.3. The number of benzene rings is 5. The zero-order valence-electron chi connectivity index (χ0n) is 37.6. The van der Waals surface area contributed by atoms with Gasteiger partial charge in [-0.25, -0.2) is 0 Å². The molecule has 4 aromatic heterocycles. The van der Waals surface area contributed by atoms with Crippen LogP contribution in [0, 0.1) is 25.0 Å². The van der Waals surface area contributed by atoms with E-state index < -0.39 is 8.07 Å². The van der Waals surface area contributed by atoms with Gasteiger partial charge < -0.3 is 19.0 Å². The Hall–Kier alpha value is -5.46. The molecule has 0 N–H and O–H groups in total. The molecule has 5 aromatic carbocycles. The number of rotatable bonds is 9. The molecule has 0 spiro atoms. The molecule has 7 heteroatoms. The Balaban J connectivity index is 0.000000233. The van der Waals surface area contributed by atoms with E-state index in [1.54, 1.807) is 0 Å². The fourth-order valence-corrected chi connectivity index (χ4v) is 10.0. The van der Waals surface area contributed by atoms with Crippen molar-refractivity contribution in [3.05, 3.63) is 162 Å². The van der Waals surface area contributed by atoms with Gasteiger partial charge in [0.25, 0.3) is 0 Å². The molecule has 4 heterocycles. The van der Waals surface area contributed by atoms with Gasteiger partial charge in [-0.15, -0.1) is 35.9 Å². The first-order valence-corrected chi connectivity index (χ1v) is 25.2. The van der Waals surface area contributed by atoms with Crippen LogP contribution in [0.3, 0.4) is 0 Å². The molecule has 0 fully saturated rings. The zero-order valence-corrected chi connectivity index (χ0v) is 41.0. The molecule has 9 aromatic rings. The quantitative estimate of drug-likeness (QED) is 0.107. The maximum absolute atomic E-state index is 6.25. The van der Waals surface area contributed by atoms with Crippen molar-refractivity contribution in [2.75, 3.05) is 0 Å². The Labute approximate surface area is 382 Å². The van der Waals surface area contributed by atoms with Gasteiger partial charge in [-0.05, 0) is 100 Å². The first-order chi connectivity index (χ1) is 29.3. The molecular formula is C55H56IrN4OSi-2. The monoisotopic (exact) mass is 1010 g/mol. The molecule has 0 unspecified atom stereocenters. The largest absolute Gasteiger partial charge is 0.475 e. The molecule has 1 radical (unpaired) electrons. The van der Waals surface area contributed by atoms with Gasteiger partial charge in [0.2, 0.25) is 0 Å². The second kappa shape index (κ2) is 18.5. The molecule has 0 atom stereocenters. The van der Waals surface area contributed by atoms with E-state index in [4.69, 9.17) is 14.4 Å². The number of hydrogen-bond donors (Lipinski definition) is 0. The van der Waals surface area contributed by atoms with Gasteiger partial charge in [-0.1, -0.05) is 145 Å². The van der Waals surface area contributed by atoms with Crippen molar-refractivity contribution >= 4 is 46.4 Å². The van der Waals surface area contributed by atoms with Crippen molar-refractivity contribution in [1.82, 2.24) is 19.5 Å². The van der Waals surface area contributed by atoms with Crippen LogP contribution < -0.4 is 5.19 Å². The SMILES string of the molecule is CC(C)Cc1cc(-c2[c-]cccc2)ncc1[Si](C)(C)C.Cc1cccc2oc3[c-]c(-c4nc5ccccc5n4-c4c(C(C)C)cc(-c5ccccc5)cc4C(C)C)cnc3c12.[Ir]. The van der Waals surface area contributed by atoms with Crippen LogP contribution in [-0.2, 0) is 26.5 Å². The summed E-state index contributed by atoms with van der Waals surface area (Å²) in [6, 6.07) is 47.0. The number of imidazole rings is 1. The number of furan rings is 1. The van der Waals surface area contributed by atoms with Crippen molar-refractivity contribution < 1.29 is 24.5 Å². The Morgan fingerprint density at radius 3 is 2.06 bits per heavy atom. The Bertz CT molecular complexity index is 2950. The first kappa shape index (κ1) is 44.6. The molecule has 0 amide bonds. The van der Waals surface area contributed by atoms with Gasteiger partial charge in [-0.3, -0.25) is 4.98 Å². The summed E-state index contributed by atoms with van der Waals surface area (Å²) in [5.41, 5.74) is 16.1. The molecule has 0 bridgehead atoms. The molecular weight excluding hydrogens is 953 g/mol. The van der Waals surface area contributed by atoms with E-state index in [-0.39, 0.29) is 20.1 Å². The predicted molar refractivity (Wildman–Crippen MR) is 259 cm³/mol. The molecule has 0 saturated heterocycles. The molecule has 9 rings (SSSR count). The van der Waals surface area contributed by atoms with Gasteiger partial charge in [0, 0.05) is 42.9 Å². The molecule has 317 valence electrons. The van der Waals surface area contributed by atoms with E-state index >= 15 is 0 Å². The second-order valence-corrected chi connectivity index (χ2v) is 23.4. The van der Waals surface area contributed by atoms with Crippen LogP contribution in [0.2, 0.25) is 19.6 Å². The molecule has 62 heavy (non-hydrogen) atoms. The van der Waals surface area contributed by atoms with Crippen LogP contribution in [-0.4, -0.2) is 27.6 Å². The van der Waals surface area contributed by atoms with E-state index in [2.05, 4.69) is 175 Å². The summed E-state index contributed by atoms with van der Waals surface area (Å²) < 4.78 is 8.57. The van der Waals surface area contributed by atoms with E-state index in [0.29, 0.717) is 23.3 Å². The fourth-order valence-electron chi connectivity index (χ4n) is 8.44. The van der Waals surface area contributed by atoms with E-state index in [1.165, 1.54) is 38.7 Å². The summed E-state index contributed by atoms with van der Waals surface area (Å²) in [7, 11) is -1.34. The summed E-state index contributed by atoms with van der Waals surface area (Å²) in [4.78, 5) is 14.8. The van der Waals surface area contributed by atoms with Crippen LogP contribution in [0.15, 0.2) is 132 Å². The zero-order chi connectivity index (χ0) is 43.0. The van der Waals surface area contributed by atoms with Crippen LogP contribution in [0.5, 0.6) is 0 Å². The standard InChI is InChI=1S/C37H32N3O.C18H24NSi.Ir/c1-22(2)28-18-26(25-13-7-6-8-14-25)19-29(23(3)4)36(28)40-31-16-10-9-15-30(31)39-37(40)27-20-33-35(38-21-27)34-24(5)12-11-17-32(34)41-33;1-14(2)11-16-12-17(15-9-7-6-8-10-15)19-13-18(16)20(3,4)5;/h6-19,21-23H,1-5H3;6-9,12-14H,11H2,1-5H3;/q2*-1;. The molecule has 0 aliphatic rings. The minimum atomic E-state index is -1.34. The van der Waals surface area contributed by atoms with Gasteiger partial charge >= 0.3 is 0 Å². The Morgan fingerprint density at radius 2 is 1.40 bits per heavy atom. The molecule has 0 aliphatic heterocycles. The second-order valence-electron chi connectivity index (χ2n) is 18.3. The maximum atomic E-state index is 6.25. The minimum Gasteiger partial charge on any atom is -0.475 e. The summed E-state index contributed by atoms with van der Waals surface area (Å²) in [6.45, 7) is 22.9. The minimum absolute atomic E-state index is 0. The summed E-state index contributed by atoms with van der Waals surface area (Å²) in [5.74, 6) is 2.07. The summed E-state index contributed by atoms with van der Waals surface area (Å²) in [5, 5.41) is 2.53. The average Bonchev–Trinajstić information content (AvgIpc) is 3.82. The van der Waals surface area contributed by atoms with Crippen molar-refractivity contribution in [1.29, 1.82) is 0 Å². The van der Waals surface area contributed by atoms with Crippen molar-refractivity contribution in [2.45, 2.75) is 86.4 Å². The Morgan fingerprint density at radius 1 is 0.710 bits per heavy atom. The van der Waals surface area contributed by atoms with Crippen LogP contribution in [0.4, 0.5) is 0 Å². The maximum Gasteiger partial charge on any atom is 0.125 e. The smallest absolute Gasteiger partial charge is 0.125 e. The number of para-hydroxylation sites is 2. The molecule has 5 nitrogen and oxygen atoms in total. The number of fused-ring (bicyclic) bond motifs is 4. The van der Waals surface area contributed by atoms with Crippen LogP contribution in [0.25, 0.3) is 72.6 Å². The fraction of sp³-hybridized carbons (Fsp3) is 0.255. The van der Waals surface area contributed by atoms with Gasteiger partial charge in [0.05, 0.1) is 30.5 Å². The number of aryl methyl sites for hydroxylation is 1. The van der Waals surface area contributed by atoms with E-state index in [0.717, 1.165) is 62.1 Å². The third kappa shape index (κ3) is 9.03. The first-order valence-electron chi connectivity index (χ1n) is 21.7. The predicted octanol–water partition coefficient (Wildman–Crippen LogP) is 14.3. The van der Waals surface area contributed by atoms with E-state index in [1.807, 2.05) is 42.6 Å². The number of aromatic nitrogens is 4. The van der Waals surface area contributed by atoms with Gasteiger partial charge in [0.1, 0.15) is 5.58 Å². The van der Waals surface area contributed by atoms with Gasteiger partial charge in [-0.2, -0.15) is 0 Å². The topological polar surface area (TPSA) is 56.7 Å². The van der Waals surface area contributed by atoms with E-state index in [9.17, 15) is 0 Å². The van der Waals surface area contributed by atoms with Crippen LogP contribution in [0.1, 0.15) is 75.6 Å². The van der Waals surface area contributed by atoms with Crippen molar-refractivity contribution in [3.63, 3.8) is 0 Å². The number of pyridine rings is 2. The number of hydrogen-bond acceptors (Lipinski definition) is 4. The third-order valence-corrected chi connectivity index (χ3v) is 13.5. The van der Waals surface area contributed by atoms with Crippen LogP contribution >= 0.6 is 0 Å². The average molecular weight is 1010 g/mol. The third-order valence-electron chi connectivity index (χ3n) is 11.4. The number of nitrogens with zero attached hydrogens (tertiary/aromatic N) is 4. The molecule has 0 aliphatic carbocycles.